The van der Waals surface area contributed by atoms with Gasteiger partial charge in [0.05, 0.1) is 29.0 Å². The predicted molar refractivity (Wildman–Crippen MR) is 87.6 cm³/mol. The summed E-state index contributed by atoms with van der Waals surface area (Å²) < 4.78 is 1.43. The number of anilines is 1. The summed E-state index contributed by atoms with van der Waals surface area (Å²) >= 11 is 5.86. The van der Waals surface area contributed by atoms with Gasteiger partial charge in [0, 0.05) is 12.1 Å². The number of rotatable bonds is 6. The summed E-state index contributed by atoms with van der Waals surface area (Å²) in [6, 6.07) is 8.53. The Morgan fingerprint density at radius 1 is 1.46 bits per heavy atom. The Morgan fingerprint density at radius 3 is 2.67 bits per heavy atom. The number of amides is 1. The van der Waals surface area contributed by atoms with Gasteiger partial charge in [-0.1, -0.05) is 11.6 Å². The van der Waals surface area contributed by atoms with E-state index in [1.807, 2.05) is 6.07 Å². The summed E-state index contributed by atoms with van der Waals surface area (Å²) in [6.07, 6.45) is 0.683. The summed E-state index contributed by atoms with van der Waals surface area (Å²) in [4.78, 5) is 22.0. The van der Waals surface area contributed by atoms with E-state index in [1.54, 1.807) is 31.2 Å². The van der Waals surface area contributed by atoms with E-state index in [1.165, 1.54) is 4.68 Å². The lowest BCUT2D eigenvalue weighted by Crippen LogP contribution is -2.13. The lowest BCUT2D eigenvalue weighted by atomic mass is 10.2. The van der Waals surface area contributed by atoms with Crippen LogP contribution in [0, 0.1) is 28.4 Å². The van der Waals surface area contributed by atoms with Crippen molar-refractivity contribution in [3.63, 3.8) is 0 Å². The van der Waals surface area contributed by atoms with Crippen LogP contribution in [0.3, 0.4) is 0 Å². The van der Waals surface area contributed by atoms with E-state index in [4.69, 9.17) is 16.9 Å². The zero-order valence-corrected chi connectivity index (χ0v) is 13.6. The molecule has 0 bridgehead atoms. The third-order valence-corrected chi connectivity index (χ3v) is 3.80. The molecule has 9 heteroatoms. The maximum atomic E-state index is 11.9. The summed E-state index contributed by atoms with van der Waals surface area (Å²) in [5.41, 5.74) is 1.62. The average molecular weight is 348 g/mol. The van der Waals surface area contributed by atoms with Crippen LogP contribution >= 0.6 is 11.6 Å². The van der Waals surface area contributed by atoms with Gasteiger partial charge in [-0.15, -0.1) is 0 Å². The van der Waals surface area contributed by atoms with E-state index in [9.17, 15) is 14.9 Å². The summed E-state index contributed by atoms with van der Waals surface area (Å²) in [6.45, 7) is 1.99. The van der Waals surface area contributed by atoms with Crippen LogP contribution < -0.4 is 5.32 Å². The van der Waals surface area contributed by atoms with Gasteiger partial charge in [-0.25, -0.2) is 0 Å². The second-order valence-corrected chi connectivity index (χ2v) is 5.42. The summed E-state index contributed by atoms with van der Waals surface area (Å²) in [5.74, 6) is -0.568. The predicted octanol–water partition coefficient (Wildman–Crippen LogP) is 3.04. The van der Waals surface area contributed by atoms with Gasteiger partial charge >= 0.3 is 5.82 Å². The minimum atomic E-state index is -0.635. The first-order chi connectivity index (χ1) is 11.4. The number of halogens is 1. The van der Waals surface area contributed by atoms with Crippen molar-refractivity contribution >= 4 is 29.0 Å². The Morgan fingerprint density at radius 2 is 2.12 bits per heavy atom. The number of nitriles is 1. The molecule has 0 aliphatic rings. The Labute approximate surface area is 142 Å². The van der Waals surface area contributed by atoms with Gasteiger partial charge in [0.15, 0.2) is 5.02 Å². The van der Waals surface area contributed by atoms with E-state index in [-0.39, 0.29) is 23.2 Å². The maximum Gasteiger partial charge on any atom is 0.408 e. The first kappa shape index (κ1) is 17.4. The van der Waals surface area contributed by atoms with Gasteiger partial charge < -0.3 is 15.4 Å². The number of carbonyl (C=O) groups is 1. The number of nitrogens with one attached hydrogen (secondary N) is 1. The van der Waals surface area contributed by atoms with Crippen molar-refractivity contribution in [1.29, 1.82) is 5.26 Å². The summed E-state index contributed by atoms with van der Waals surface area (Å²) in [5, 5.41) is 26.1. The zero-order valence-electron chi connectivity index (χ0n) is 12.8. The number of hydrogen-bond acceptors (Lipinski definition) is 5. The fourth-order valence-corrected chi connectivity index (χ4v) is 2.29. The molecule has 0 saturated heterocycles. The molecular formula is C15H14ClN5O3. The second kappa shape index (κ2) is 7.57. The fourth-order valence-electron chi connectivity index (χ4n) is 2.08. The molecule has 0 atom stereocenters. The molecule has 0 aliphatic heterocycles. The molecule has 2 rings (SSSR count). The SMILES string of the molecule is Cc1c(Cl)c([N+](=O)[O-])nn1CCCC(=O)Nc1ccc(C#N)cc1. The topological polar surface area (TPSA) is 114 Å². The first-order valence-electron chi connectivity index (χ1n) is 7.09. The average Bonchev–Trinajstić information content (AvgIpc) is 2.84. The number of aromatic nitrogens is 2. The van der Waals surface area contributed by atoms with Crippen molar-refractivity contribution in [1.82, 2.24) is 9.78 Å². The van der Waals surface area contributed by atoms with Gasteiger partial charge in [0.2, 0.25) is 5.91 Å². The molecule has 0 unspecified atom stereocenters. The number of carbonyl (C=O) groups excluding carboxylic acids is 1. The lowest BCUT2D eigenvalue weighted by Gasteiger charge is -2.05. The minimum Gasteiger partial charge on any atom is -0.358 e. The van der Waals surface area contributed by atoms with Crippen molar-refractivity contribution in [2.24, 2.45) is 0 Å². The van der Waals surface area contributed by atoms with Gasteiger partial charge in [-0.2, -0.15) is 9.94 Å². The molecule has 124 valence electrons. The van der Waals surface area contributed by atoms with Crippen LogP contribution in [0.2, 0.25) is 5.02 Å². The summed E-state index contributed by atoms with van der Waals surface area (Å²) in [7, 11) is 0. The molecule has 0 aliphatic carbocycles. The van der Waals surface area contributed by atoms with Crippen LogP contribution in [0.25, 0.3) is 0 Å². The number of nitro groups is 1. The zero-order chi connectivity index (χ0) is 17.7. The van der Waals surface area contributed by atoms with Crippen molar-refractivity contribution in [3.8, 4) is 6.07 Å². The molecule has 1 heterocycles. The Hall–Kier alpha value is -2.92. The maximum absolute atomic E-state index is 11.9. The number of benzene rings is 1. The largest absolute Gasteiger partial charge is 0.408 e. The van der Waals surface area contributed by atoms with Gasteiger partial charge in [-0.3, -0.25) is 4.79 Å². The molecule has 1 amide bonds. The van der Waals surface area contributed by atoms with Crippen LogP contribution in [0.4, 0.5) is 11.5 Å². The van der Waals surface area contributed by atoms with Gasteiger partial charge in [-0.05, 0) is 42.5 Å². The van der Waals surface area contributed by atoms with E-state index < -0.39 is 4.92 Å². The van der Waals surface area contributed by atoms with Crippen LogP contribution in [0.15, 0.2) is 24.3 Å². The normalized spacial score (nSPS) is 10.2. The molecule has 1 N–H and O–H groups in total. The third kappa shape index (κ3) is 4.08. The molecule has 0 saturated carbocycles. The van der Waals surface area contributed by atoms with E-state index in [0.29, 0.717) is 29.9 Å². The van der Waals surface area contributed by atoms with Crippen molar-refractivity contribution < 1.29 is 9.72 Å². The smallest absolute Gasteiger partial charge is 0.358 e. The quantitative estimate of drug-likeness (QED) is 0.637. The van der Waals surface area contributed by atoms with E-state index in [0.717, 1.165) is 0 Å². The van der Waals surface area contributed by atoms with Gasteiger partial charge in [0.25, 0.3) is 0 Å². The Bertz CT molecular complexity index is 808. The fraction of sp³-hybridized carbons (Fsp3) is 0.267. The minimum absolute atomic E-state index is 0.0158. The lowest BCUT2D eigenvalue weighted by molar-refractivity contribution is -0.389. The molecule has 0 spiro atoms. The second-order valence-electron chi connectivity index (χ2n) is 5.04. The highest BCUT2D eigenvalue weighted by atomic mass is 35.5. The van der Waals surface area contributed by atoms with E-state index >= 15 is 0 Å². The number of nitrogens with zero attached hydrogens (tertiary/aromatic N) is 4. The molecule has 8 nitrogen and oxygen atoms in total. The molecule has 24 heavy (non-hydrogen) atoms. The first-order valence-corrected chi connectivity index (χ1v) is 7.47. The molecule has 2 aromatic rings. The monoisotopic (exact) mass is 347 g/mol. The Kier molecular flexibility index (Phi) is 5.50. The molecule has 1 aromatic carbocycles. The molecule has 0 radical (unpaired) electrons. The van der Waals surface area contributed by atoms with Crippen LogP contribution in [0.5, 0.6) is 0 Å². The highest BCUT2D eigenvalue weighted by Gasteiger charge is 2.23. The molecule has 1 aromatic heterocycles. The van der Waals surface area contributed by atoms with Crippen molar-refractivity contribution in [3.05, 3.63) is 50.7 Å². The molecule has 0 fully saturated rings. The van der Waals surface area contributed by atoms with E-state index in [2.05, 4.69) is 10.4 Å². The highest BCUT2D eigenvalue weighted by Crippen LogP contribution is 2.26. The van der Waals surface area contributed by atoms with Crippen LogP contribution in [0.1, 0.15) is 24.1 Å². The van der Waals surface area contributed by atoms with Crippen molar-refractivity contribution in [2.45, 2.75) is 26.3 Å². The van der Waals surface area contributed by atoms with Crippen molar-refractivity contribution in [2.75, 3.05) is 5.32 Å². The third-order valence-electron chi connectivity index (χ3n) is 3.36. The molecular weight excluding hydrogens is 334 g/mol. The highest BCUT2D eigenvalue weighted by molar-refractivity contribution is 6.33. The van der Waals surface area contributed by atoms with Gasteiger partial charge in [0.1, 0.15) is 0 Å². The standard InChI is InChI=1S/C15H14ClN5O3/c1-10-14(16)15(21(23)24)19-20(10)8-2-3-13(22)18-12-6-4-11(9-17)5-7-12/h4-7H,2-3,8H2,1H3,(H,18,22). The number of hydrogen-bond donors (Lipinski definition) is 1. The van der Waals surface area contributed by atoms with Crippen LogP contribution in [-0.4, -0.2) is 20.6 Å². The Balaban J connectivity index is 1.87. The number of aryl methyl sites for hydroxylation is 1. The van der Waals surface area contributed by atoms with Crippen LogP contribution in [-0.2, 0) is 11.3 Å².